The first-order valence-electron chi connectivity index (χ1n) is 4.27. The lowest BCUT2D eigenvalue weighted by Gasteiger charge is -2.14. The number of hydrogen-bond acceptors (Lipinski definition) is 6. The lowest BCUT2D eigenvalue weighted by Crippen LogP contribution is -2.33. The van der Waals surface area contributed by atoms with E-state index >= 15 is 0 Å². The first kappa shape index (κ1) is 10.3. The Morgan fingerprint density at radius 1 is 1.29 bits per heavy atom. The molecule has 4 atom stereocenters. The molecule has 2 saturated heterocycles. The number of aliphatic hydroxyl groups is 1. The standard InChI is InChI=1S/C7H12O6S/c1-14(9,10)13-5-3-12-6-4(8)2-11-7(5)6/h4-8H,2-3H2,1H3/t4-,5+,6-,7-/m1/s1. The molecule has 0 amide bonds. The maximum absolute atomic E-state index is 10.9. The predicted molar refractivity (Wildman–Crippen MR) is 45.2 cm³/mol. The van der Waals surface area contributed by atoms with E-state index in [0.29, 0.717) is 0 Å². The van der Waals surface area contributed by atoms with E-state index in [1.807, 2.05) is 0 Å². The third-order valence-electron chi connectivity index (χ3n) is 2.28. The van der Waals surface area contributed by atoms with Crippen molar-refractivity contribution in [2.45, 2.75) is 24.4 Å². The fourth-order valence-electron chi connectivity index (χ4n) is 1.75. The van der Waals surface area contributed by atoms with Crippen LogP contribution in [0, 0.1) is 0 Å². The molecule has 2 fully saturated rings. The summed E-state index contributed by atoms with van der Waals surface area (Å²) in [5.41, 5.74) is 0. The molecule has 2 heterocycles. The van der Waals surface area contributed by atoms with Gasteiger partial charge in [0.15, 0.2) is 0 Å². The monoisotopic (exact) mass is 224 g/mol. The van der Waals surface area contributed by atoms with Crippen LogP contribution in [0.25, 0.3) is 0 Å². The number of hydrogen-bond donors (Lipinski definition) is 1. The summed E-state index contributed by atoms with van der Waals surface area (Å²) in [7, 11) is -3.51. The van der Waals surface area contributed by atoms with Gasteiger partial charge in [0.2, 0.25) is 0 Å². The Kier molecular flexibility index (Phi) is 2.52. The van der Waals surface area contributed by atoms with Gasteiger partial charge in [0.1, 0.15) is 24.4 Å². The van der Waals surface area contributed by atoms with Gasteiger partial charge in [-0.15, -0.1) is 0 Å². The fraction of sp³-hybridized carbons (Fsp3) is 1.00. The highest BCUT2D eigenvalue weighted by Crippen LogP contribution is 2.29. The Morgan fingerprint density at radius 3 is 2.57 bits per heavy atom. The van der Waals surface area contributed by atoms with E-state index in [4.69, 9.17) is 13.7 Å². The SMILES string of the molecule is CS(=O)(=O)O[C@H]1CO[C@H]2[C@@H]1OC[C@H]2O. The molecule has 14 heavy (non-hydrogen) atoms. The molecule has 0 spiro atoms. The summed E-state index contributed by atoms with van der Waals surface area (Å²) in [6.07, 6.45) is -1.27. The topological polar surface area (TPSA) is 82.1 Å². The van der Waals surface area contributed by atoms with Crippen LogP contribution in [0.5, 0.6) is 0 Å². The van der Waals surface area contributed by atoms with Gasteiger partial charge >= 0.3 is 0 Å². The quantitative estimate of drug-likeness (QED) is 0.574. The average Bonchev–Trinajstić information content (AvgIpc) is 2.55. The molecule has 0 radical (unpaired) electrons. The second kappa shape index (κ2) is 3.42. The zero-order valence-corrected chi connectivity index (χ0v) is 8.44. The highest BCUT2D eigenvalue weighted by molar-refractivity contribution is 7.86. The fourth-order valence-corrected chi connectivity index (χ4v) is 2.37. The molecule has 7 heteroatoms. The van der Waals surface area contributed by atoms with Crippen LogP contribution in [-0.4, -0.2) is 57.4 Å². The lowest BCUT2D eigenvalue weighted by molar-refractivity contribution is 0.00994. The van der Waals surface area contributed by atoms with Crippen LogP contribution in [0.15, 0.2) is 0 Å². The summed E-state index contributed by atoms with van der Waals surface area (Å²) in [5.74, 6) is 0. The summed E-state index contributed by atoms with van der Waals surface area (Å²) in [4.78, 5) is 0. The van der Waals surface area contributed by atoms with E-state index < -0.39 is 34.5 Å². The molecule has 0 aromatic carbocycles. The van der Waals surface area contributed by atoms with Gasteiger partial charge in [0, 0.05) is 0 Å². The number of rotatable bonds is 2. The lowest BCUT2D eigenvalue weighted by atomic mass is 10.1. The largest absolute Gasteiger partial charge is 0.388 e. The molecule has 0 aliphatic carbocycles. The predicted octanol–water partition coefficient (Wildman–Crippen LogP) is -1.51. The van der Waals surface area contributed by atoms with Crippen LogP contribution < -0.4 is 0 Å². The summed E-state index contributed by atoms with van der Waals surface area (Å²) >= 11 is 0. The molecule has 2 aliphatic heterocycles. The Hall–Kier alpha value is -0.210. The van der Waals surface area contributed by atoms with Crippen molar-refractivity contribution in [3.63, 3.8) is 0 Å². The third kappa shape index (κ3) is 1.91. The van der Waals surface area contributed by atoms with Gasteiger partial charge in [-0.3, -0.25) is 4.18 Å². The van der Waals surface area contributed by atoms with Gasteiger partial charge in [-0.25, -0.2) is 0 Å². The first-order chi connectivity index (χ1) is 6.47. The minimum atomic E-state index is -3.51. The van der Waals surface area contributed by atoms with Gasteiger partial charge in [0.05, 0.1) is 19.5 Å². The van der Waals surface area contributed by atoms with Crippen molar-refractivity contribution < 1.29 is 27.2 Å². The van der Waals surface area contributed by atoms with Crippen molar-refractivity contribution in [1.29, 1.82) is 0 Å². The summed E-state index contributed by atoms with van der Waals surface area (Å²) in [6.45, 7) is 0.304. The maximum atomic E-state index is 10.9. The van der Waals surface area contributed by atoms with Crippen molar-refractivity contribution in [3.8, 4) is 0 Å². The molecule has 0 saturated carbocycles. The molecule has 1 N–H and O–H groups in total. The maximum Gasteiger partial charge on any atom is 0.264 e. The Morgan fingerprint density at radius 2 is 1.93 bits per heavy atom. The van der Waals surface area contributed by atoms with Crippen LogP contribution in [0.1, 0.15) is 0 Å². The second-order valence-electron chi connectivity index (χ2n) is 3.50. The average molecular weight is 224 g/mol. The van der Waals surface area contributed by atoms with Crippen LogP contribution in [0.2, 0.25) is 0 Å². The Balaban J connectivity index is 2.04. The summed E-state index contributed by atoms with van der Waals surface area (Å²) in [5, 5.41) is 9.36. The molecule has 0 aromatic heterocycles. The molecule has 6 nitrogen and oxygen atoms in total. The van der Waals surface area contributed by atoms with Crippen LogP contribution in [-0.2, 0) is 23.8 Å². The number of aliphatic hydroxyl groups excluding tert-OH is 1. The van der Waals surface area contributed by atoms with Crippen molar-refractivity contribution in [2.24, 2.45) is 0 Å². The van der Waals surface area contributed by atoms with E-state index in [0.717, 1.165) is 6.26 Å². The van der Waals surface area contributed by atoms with Gasteiger partial charge in [-0.05, 0) is 0 Å². The van der Waals surface area contributed by atoms with Crippen molar-refractivity contribution in [1.82, 2.24) is 0 Å². The second-order valence-corrected chi connectivity index (χ2v) is 5.10. The van der Waals surface area contributed by atoms with Crippen LogP contribution in [0.3, 0.4) is 0 Å². The van der Waals surface area contributed by atoms with Gasteiger partial charge in [0.25, 0.3) is 10.1 Å². The third-order valence-corrected chi connectivity index (χ3v) is 2.88. The van der Waals surface area contributed by atoms with E-state index in [9.17, 15) is 13.5 Å². The minimum Gasteiger partial charge on any atom is -0.388 e. The summed E-state index contributed by atoms with van der Waals surface area (Å²) < 4.78 is 36.9. The number of ether oxygens (including phenoxy) is 2. The molecular formula is C7H12O6S. The van der Waals surface area contributed by atoms with E-state index in [1.165, 1.54) is 0 Å². The molecule has 0 unspecified atom stereocenters. The minimum absolute atomic E-state index is 0.138. The smallest absolute Gasteiger partial charge is 0.264 e. The molecule has 0 bridgehead atoms. The molecule has 0 aromatic rings. The highest BCUT2D eigenvalue weighted by Gasteiger charge is 2.48. The van der Waals surface area contributed by atoms with Gasteiger partial charge < -0.3 is 14.6 Å². The molecule has 2 rings (SSSR count). The first-order valence-corrected chi connectivity index (χ1v) is 6.08. The van der Waals surface area contributed by atoms with Crippen LogP contribution in [0.4, 0.5) is 0 Å². The van der Waals surface area contributed by atoms with Gasteiger partial charge in [-0.1, -0.05) is 0 Å². The Bertz CT molecular complexity index is 312. The van der Waals surface area contributed by atoms with E-state index in [2.05, 4.69) is 0 Å². The van der Waals surface area contributed by atoms with Crippen LogP contribution >= 0.6 is 0 Å². The van der Waals surface area contributed by atoms with Crippen molar-refractivity contribution in [2.75, 3.05) is 19.5 Å². The molecule has 82 valence electrons. The molecule has 2 aliphatic rings. The zero-order valence-electron chi connectivity index (χ0n) is 7.62. The number of fused-ring (bicyclic) bond motifs is 1. The van der Waals surface area contributed by atoms with E-state index in [-0.39, 0.29) is 13.2 Å². The van der Waals surface area contributed by atoms with Crippen molar-refractivity contribution in [3.05, 3.63) is 0 Å². The summed E-state index contributed by atoms with van der Waals surface area (Å²) in [6, 6.07) is 0. The molecular weight excluding hydrogens is 212 g/mol. The zero-order chi connectivity index (χ0) is 10.3. The normalized spacial score (nSPS) is 42.7. The highest BCUT2D eigenvalue weighted by atomic mass is 32.2. The van der Waals surface area contributed by atoms with Crippen molar-refractivity contribution >= 4 is 10.1 Å². The van der Waals surface area contributed by atoms with Gasteiger partial charge in [-0.2, -0.15) is 8.42 Å². The Labute approximate surface area is 81.9 Å². The van der Waals surface area contributed by atoms with E-state index in [1.54, 1.807) is 0 Å².